The van der Waals surface area contributed by atoms with Crippen LogP contribution >= 0.6 is 11.8 Å². The van der Waals surface area contributed by atoms with Gasteiger partial charge >= 0.3 is 18.1 Å². The number of carbonyl (C=O) groups is 3. The van der Waals surface area contributed by atoms with Crippen LogP contribution < -0.4 is 5.32 Å². The lowest BCUT2D eigenvalue weighted by molar-refractivity contribution is -0.192. The fourth-order valence-corrected chi connectivity index (χ4v) is 3.36. The summed E-state index contributed by atoms with van der Waals surface area (Å²) >= 11 is 1.26. The highest BCUT2D eigenvalue weighted by molar-refractivity contribution is 8.13. The lowest BCUT2D eigenvalue weighted by atomic mass is 10.1. The van der Waals surface area contributed by atoms with E-state index in [9.17, 15) is 22.8 Å². The van der Waals surface area contributed by atoms with E-state index in [1.165, 1.54) is 11.8 Å². The number of carboxylic acid groups (broad SMARTS) is 1. The van der Waals surface area contributed by atoms with E-state index in [2.05, 4.69) is 16.4 Å². The third kappa shape index (κ3) is 8.69. The smallest absolute Gasteiger partial charge is 0.475 e. The maximum Gasteiger partial charge on any atom is 0.490 e. The summed E-state index contributed by atoms with van der Waals surface area (Å²) in [5, 5.41) is 10.4. The lowest BCUT2D eigenvalue weighted by Crippen LogP contribution is -2.26. The quantitative estimate of drug-likeness (QED) is 0.515. The van der Waals surface area contributed by atoms with Crippen molar-refractivity contribution < 1.29 is 37.4 Å². The predicted octanol–water partition coefficient (Wildman–Crippen LogP) is 2.32. The summed E-state index contributed by atoms with van der Waals surface area (Å²) in [5.74, 6) is -3.06. The number of nitrogens with one attached hydrogen (secondary N) is 1. The maximum absolute atomic E-state index is 11.7. The molecule has 1 unspecified atom stereocenters. The molecule has 1 atom stereocenters. The largest absolute Gasteiger partial charge is 0.490 e. The van der Waals surface area contributed by atoms with E-state index in [0.29, 0.717) is 6.61 Å². The highest BCUT2D eigenvalue weighted by Crippen LogP contribution is 2.36. The Kier molecular flexibility index (Phi) is 9.89. The summed E-state index contributed by atoms with van der Waals surface area (Å²) in [5.41, 5.74) is 2.00. The van der Waals surface area contributed by atoms with Crippen molar-refractivity contribution in [2.24, 2.45) is 0 Å². The van der Waals surface area contributed by atoms with Gasteiger partial charge in [-0.3, -0.25) is 9.59 Å². The molecule has 1 aromatic rings. The number of imidazole rings is 1. The van der Waals surface area contributed by atoms with E-state index in [1.807, 2.05) is 0 Å². The number of hydrogen-bond acceptors (Lipinski definition) is 7. The normalized spacial score (nSPS) is 14.9. The van der Waals surface area contributed by atoms with Gasteiger partial charge in [0.05, 0.1) is 23.9 Å². The minimum absolute atomic E-state index is 0.0420. The first kappa shape index (κ1) is 24.7. The van der Waals surface area contributed by atoms with Gasteiger partial charge < -0.3 is 19.7 Å². The van der Waals surface area contributed by atoms with Crippen molar-refractivity contribution in [3.05, 3.63) is 29.9 Å². The van der Waals surface area contributed by atoms with Crippen molar-refractivity contribution in [3.8, 4) is 0 Å². The van der Waals surface area contributed by atoms with Gasteiger partial charge in [-0.1, -0.05) is 17.8 Å². The second-order valence-electron chi connectivity index (χ2n) is 5.79. The monoisotopic (exact) mass is 437 g/mol. The van der Waals surface area contributed by atoms with Gasteiger partial charge in [0.1, 0.15) is 6.54 Å². The van der Waals surface area contributed by atoms with Gasteiger partial charge in [0.25, 0.3) is 0 Å². The van der Waals surface area contributed by atoms with Gasteiger partial charge in [-0.2, -0.15) is 13.2 Å². The molecule has 1 aliphatic rings. The van der Waals surface area contributed by atoms with Crippen molar-refractivity contribution in [1.82, 2.24) is 14.9 Å². The molecule has 12 heteroatoms. The zero-order chi connectivity index (χ0) is 22.0. The SMILES string of the molecule is CCOC(=O)Cn1cncc1C(SC(C)=O)C1=CCCNC1.O=C(O)C(F)(F)F. The molecule has 0 aromatic carbocycles. The van der Waals surface area contributed by atoms with E-state index in [0.717, 1.165) is 30.8 Å². The summed E-state index contributed by atoms with van der Waals surface area (Å²) in [7, 11) is 0. The average Bonchev–Trinajstić information content (AvgIpc) is 3.08. The maximum atomic E-state index is 11.7. The van der Waals surface area contributed by atoms with Crippen molar-refractivity contribution in [2.75, 3.05) is 19.7 Å². The summed E-state index contributed by atoms with van der Waals surface area (Å²) in [6.07, 6.45) is 1.35. The first-order valence-electron chi connectivity index (χ1n) is 8.58. The van der Waals surface area contributed by atoms with Gasteiger partial charge in [-0.05, 0) is 25.5 Å². The van der Waals surface area contributed by atoms with Crippen molar-refractivity contribution >= 4 is 28.8 Å². The fraction of sp³-hybridized carbons (Fsp3) is 0.529. The predicted molar refractivity (Wildman–Crippen MR) is 99.1 cm³/mol. The summed E-state index contributed by atoms with van der Waals surface area (Å²) < 4.78 is 38.5. The fourth-order valence-electron chi connectivity index (χ4n) is 2.38. The van der Waals surface area contributed by atoms with Crippen LogP contribution in [0, 0.1) is 0 Å². The number of thioether (sulfide) groups is 1. The van der Waals surface area contributed by atoms with Crippen LogP contribution in [-0.4, -0.2) is 57.6 Å². The molecule has 2 heterocycles. The van der Waals surface area contributed by atoms with Gasteiger partial charge in [0.2, 0.25) is 0 Å². The van der Waals surface area contributed by atoms with Crippen LogP contribution in [-0.2, 0) is 25.7 Å². The number of rotatable bonds is 6. The Morgan fingerprint density at radius 1 is 1.41 bits per heavy atom. The van der Waals surface area contributed by atoms with Crippen LogP contribution in [0.15, 0.2) is 24.2 Å². The van der Waals surface area contributed by atoms with E-state index < -0.39 is 12.1 Å². The number of nitrogens with zero attached hydrogens (tertiary/aromatic N) is 2. The Hall–Kier alpha value is -2.34. The topological polar surface area (TPSA) is 111 Å². The molecule has 1 aromatic heterocycles. The molecule has 0 radical (unpaired) electrons. The summed E-state index contributed by atoms with van der Waals surface area (Å²) in [6, 6.07) is 0. The van der Waals surface area contributed by atoms with Crippen molar-refractivity contribution in [3.63, 3.8) is 0 Å². The minimum atomic E-state index is -5.08. The van der Waals surface area contributed by atoms with Crippen LogP contribution in [0.25, 0.3) is 0 Å². The molecule has 0 fully saturated rings. The number of aromatic nitrogens is 2. The zero-order valence-corrected chi connectivity index (χ0v) is 16.7. The molecule has 0 bridgehead atoms. The van der Waals surface area contributed by atoms with Crippen molar-refractivity contribution in [2.45, 2.75) is 38.2 Å². The third-order valence-electron chi connectivity index (χ3n) is 3.54. The highest BCUT2D eigenvalue weighted by Gasteiger charge is 2.38. The first-order valence-corrected chi connectivity index (χ1v) is 9.46. The number of esters is 1. The molecular weight excluding hydrogens is 415 g/mol. The first-order chi connectivity index (χ1) is 13.6. The van der Waals surface area contributed by atoms with Crippen LogP contribution in [0.3, 0.4) is 0 Å². The molecule has 2 N–H and O–H groups in total. The van der Waals surface area contributed by atoms with E-state index in [4.69, 9.17) is 14.6 Å². The Labute approximate surface area is 169 Å². The third-order valence-corrected chi connectivity index (χ3v) is 4.65. The molecule has 0 amide bonds. The number of hydrogen-bond donors (Lipinski definition) is 2. The molecule has 29 heavy (non-hydrogen) atoms. The molecular formula is C17H22F3N3O5S. The molecule has 0 saturated carbocycles. The number of ether oxygens (including phenoxy) is 1. The van der Waals surface area contributed by atoms with Gasteiger partial charge in [-0.25, -0.2) is 9.78 Å². The molecule has 1 aliphatic heterocycles. The molecule has 0 saturated heterocycles. The van der Waals surface area contributed by atoms with E-state index in [-0.39, 0.29) is 22.9 Å². The van der Waals surface area contributed by atoms with Crippen LogP contribution in [0.5, 0.6) is 0 Å². The number of carboxylic acids is 1. The second-order valence-corrected chi connectivity index (χ2v) is 7.07. The average molecular weight is 437 g/mol. The Morgan fingerprint density at radius 3 is 2.55 bits per heavy atom. The number of aliphatic carboxylic acids is 1. The van der Waals surface area contributed by atoms with Crippen LogP contribution in [0.1, 0.15) is 31.2 Å². The number of alkyl halides is 3. The number of carbonyl (C=O) groups excluding carboxylic acids is 2. The van der Waals surface area contributed by atoms with E-state index in [1.54, 1.807) is 30.9 Å². The highest BCUT2D eigenvalue weighted by atomic mass is 32.2. The molecule has 0 aliphatic carbocycles. The molecule has 0 spiro atoms. The van der Waals surface area contributed by atoms with Crippen LogP contribution in [0.2, 0.25) is 0 Å². The van der Waals surface area contributed by atoms with Crippen molar-refractivity contribution in [1.29, 1.82) is 0 Å². The second kappa shape index (κ2) is 11.6. The van der Waals surface area contributed by atoms with Gasteiger partial charge in [0, 0.05) is 19.7 Å². The molecule has 8 nitrogen and oxygen atoms in total. The zero-order valence-electron chi connectivity index (χ0n) is 15.9. The number of halogens is 3. The molecule has 162 valence electrons. The van der Waals surface area contributed by atoms with E-state index >= 15 is 0 Å². The Bertz CT molecular complexity index is 749. The summed E-state index contributed by atoms with van der Waals surface area (Å²) in [6.45, 7) is 5.49. The standard InChI is InChI=1S/C15H21N3O3S.C2HF3O2/c1-3-21-14(20)9-18-10-17-8-13(18)15(22-11(2)19)12-5-4-6-16-7-12;3-2(4,5)1(6)7/h5,8,10,15-16H,3-4,6-7,9H2,1-2H3;(H,6,7). The Morgan fingerprint density at radius 2 is 2.07 bits per heavy atom. The Balaban J connectivity index is 0.000000516. The summed E-state index contributed by atoms with van der Waals surface area (Å²) in [4.78, 5) is 36.4. The minimum Gasteiger partial charge on any atom is -0.475 e. The lowest BCUT2D eigenvalue weighted by Gasteiger charge is -2.23. The van der Waals surface area contributed by atoms with Gasteiger partial charge in [-0.15, -0.1) is 0 Å². The van der Waals surface area contributed by atoms with Crippen LogP contribution in [0.4, 0.5) is 13.2 Å². The van der Waals surface area contributed by atoms with Gasteiger partial charge in [0.15, 0.2) is 5.12 Å². The molecule has 2 rings (SSSR count).